The van der Waals surface area contributed by atoms with Crippen LogP contribution in [0.15, 0.2) is 65.1 Å². The first-order chi connectivity index (χ1) is 14.4. The Hall–Kier alpha value is -2.99. The lowest BCUT2D eigenvalue weighted by Gasteiger charge is -2.22. The monoisotopic (exact) mass is 464 g/mol. The van der Waals surface area contributed by atoms with Gasteiger partial charge in [0.1, 0.15) is 5.75 Å². The molecular weight excluding hydrogens is 448 g/mol. The first-order valence-corrected chi connectivity index (χ1v) is 10.3. The summed E-state index contributed by atoms with van der Waals surface area (Å²) in [5.74, 6) is -2.06. The van der Waals surface area contributed by atoms with E-state index in [1.807, 2.05) is 30.3 Å². The second-order valence-corrected chi connectivity index (χ2v) is 8.77. The van der Waals surface area contributed by atoms with Gasteiger partial charge in [-0.05, 0) is 35.9 Å². The number of ketones is 1. The van der Waals surface area contributed by atoms with Crippen LogP contribution in [0.25, 0.3) is 10.8 Å². The van der Waals surface area contributed by atoms with Crippen LogP contribution in [0.1, 0.15) is 28.8 Å². The second-order valence-electron chi connectivity index (χ2n) is 7.86. The fourth-order valence-corrected chi connectivity index (χ4v) is 5.35. The lowest BCUT2D eigenvalue weighted by molar-refractivity contribution is -0.160. The molecule has 0 bridgehead atoms. The first-order valence-electron chi connectivity index (χ1n) is 9.50. The van der Waals surface area contributed by atoms with Crippen molar-refractivity contribution in [2.45, 2.75) is 12.8 Å². The molecule has 0 aromatic heterocycles. The highest BCUT2D eigenvalue weighted by Gasteiger charge is 2.89. The molecule has 150 valence electrons. The third-order valence-electron chi connectivity index (χ3n) is 6.58. The van der Waals surface area contributed by atoms with Crippen LogP contribution < -0.4 is 4.74 Å². The number of rotatable bonds is 3. The van der Waals surface area contributed by atoms with Gasteiger partial charge in [-0.25, -0.2) is 0 Å². The van der Waals surface area contributed by atoms with Gasteiger partial charge < -0.3 is 9.47 Å². The third-order valence-corrected chi connectivity index (χ3v) is 7.10. The van der Waals surface area contributed by atoms with Crippen LogP contribution >= 0.6 is 15.9 Å². The molecule has 0 amide bonds. The average molecular weight is 465 g/mol. The Morgan fingerprint density at radius 3 is 2.43 bits per heavy atom. The van der Waals surface area contributed by atoms with Gasteiger partial charge in [-0.3, -0.25) is 14.4 Å². The number of Topliss-reactive ketones (excluding diaryl/α,β-unsaturated/α-hetero) is 1. The molecule has 30 heavy (non-hydrogen) atoms. The van der Waals surface area contributed by atoms with E-state index in [1.165, 1.54) is 7.11 Å². The maximum absolute atomic E-state index is 13.7. The fraction of sp³-hybridized carbons (Fsp3) is 0.208. The van der Waals surface area contributed by atoms with Crippen LogP contribution in [0.5, 0.6) is 5.75 Å². The molecule has 6 heteroatoms. The van der Waals surface area contributed by atoms with Gasteiger partial charge in [0.2, 0.25) is 0 Å². The summed E-state index contributed by atoms with van der Waals surface area (Å²) < 4.78 is 11.5. The van der Waals surface area contributed by atoms with E-state index < -0.39 is 28.7 Å². The van der Waals surface area contributed by atoms with Crippen molar-refractivity contribution in [3.05, 3.63) is 76.3 Å². The molecule has 1 fully saturated rings. The van der Waals surface area contributed by atoms with E-state index in [4.69, 9.17) is 9.47 Å². The van der Waals surface area contributed by atoms with Crippen molar-refractivity contribution in [2.24, 2.45) is 10.8 Å². The Morgan fingerprint density at radius 1 is 1.03 bits per heavy atom. The van der Waals surface area contributed by atoms with Crippen molar-refractivity contribution < 1.29 is 23.9 Å². The topological polar surface area (TPSA) is 69.7 Å². The molecule has 1 aliphatic carbocycles. The molecule has 3 atom stereocenters. The van der Waals surface area contributed by atoms with Gasteiger partial charge in [0.05, 0.1) is 12.5 Å². The normalized spacial score (nSPS) is 26.4. The van der Waals surface area contributed by atoms with Crippen LogP contribution in [0, 0.1) is 10.8 Å². The second kappa shape index (κ2) is 6.25. The molecule has 1 heterocycles. The van der Waals surface area contributed by atoms with Gasteiger partial charge in [-0.15, -0.1) is 0 Å². The maximum Gasteiger partial charge on any atom is 0.330 e. The molecule has 5 nitrogen and oxygen atoms in total. The van der Waals surface area contributed by atoms with E-state index in [0.29, 0.717) is 16.9 Å². The summed E-state index contributed by atoms with van der Waals surface area (Å²) in [7, 11) is 1.23. The van der Waals surface area contributed by atoms with E-state index >= 15 is 0 Å². The molecule has 1 saturated carbocycles. The number of esters is 2. The number of hydrogen-bond donors (Lipinski definition) is 0. The van der Waals surface area contributed by atoms with Gasteiger partial charge in [0.15, 0.2) is 11.2 Å². The number of methoxy groups -OCH3 is 1. The standard InChI is InChI=1S/C24H17BrO5/c1-23(20(26)14-7-10-15(25)11-8-14)19-18-16-6-4-3-5-13(16)9-12-17(18)30-22(28)24(19,23)21(27)29-2/h3-12,19H,1-2H3/t19-,23-,24-/m0/s1. The van der Waals surface area contributed by atoms with Crippen molar-refractivity contribution in [1.82, 2.24) is 0 Å². The minimum Gasteiger partial charge on any atom is -0.468 e. The van der Waals surface area contributed by atoms with Gasteiger partial charge in [0, 0.05) is 21.5 Å². The summed E-state index contributed by atoms with van der Waals surface area (Å²) in [4.78, 5) is 39.9. The fourth-order valence-electron chi connectivity index (χ4n) is 5.08. The predicted molar refractivity (Wildman–Crippen MR) is 113 cm³/mol. The molecule has 0 saturated heterocycles. The van der Waals surface area contributed by atoms with Crippen LogP contribution in [0.2, 0.25) is 0 Å². The van der Waals surface area contributed by atoms with Gasteiger partial charge in [-0.1, -0.05) is 58.4 Å². The predicted octanol–water partition coefficient (Wildman–Crippen LogP) is 4.67. The Labute approximate surface area is 181 Å². The molecule has 3 aromatic carbocycles. The smallest absolute Gasteiger partial charge is 0.330 e. The molecule has 0 N–H and O–H groups in total. The molecule has 0 unspecified atom stereocenters. The molecule has 0 radical (unpaired) electrons. The van der Waals surface area contributed by atoms with Gasteiger partial charge in [-0.2, -0.15) is 0 Å². The van der Waals surface area contributed by atoms with E-state index in [2.05, 4.69) is 15.9 Å². The molecule has 0 spiro atoms. The quantitative estimate of drug-likeness (QED) is 0.244. The lowest BCUT2D eigenvalue weighted by Crippen LogP contribution is -2.39. The Bertz CT molecular complexity index is 1250. The number of halogens is 1. The minimum absolute atomic E-state index is 0.289. The van der Waals surface area contributed by atoms with Crippen LogP contribution in [-0.4, -0.2) is 24.8 Å². The highest BCUT2D eigenvalue weighted by molar-refractivity contribution is 9.10. The lowest BCUT2D eigenvalue weighted by atomic mass is 9.87. The summed E-state index contributed by atoms with van der Waals surface area (Å²) in [5, 5.41) is 1.80. The Kier molecular flexibility index (Phi) is 3.96. The summed E-state index contributed by atoms with van der Waals surface area (Å²) in [5.41, 5.74) is -1.90. The van der Waals surface area contributed by atoms with E-state index in [-0.39, 0.29) is 5.78 Å². The molecule has 2 aliphatic rings. The third kappa shape index (κ3) is 2.14. The number of carbonyl (C=O) groups is 3. The van der Waals surface area contributed by atoms with E-state index in [1.54, 1.807) is 37.3 Å². The maximum atomic E-state index is 13.7. The number of carbonyl (C=O) groups excluding carboxylic acids is 3. The summed E-state index contributed by atoms with van der Waals surface area (Å²) in [6.45, 7) is 1.66. The van der Waals surface area contributed by atoms with Crippen molar-refractivity contribution in [2.75, 3.05) is 7.11 Å². The van der Waals surface area contributed by atoms with Crippen LogP contribution in [-0.2, 0) is 14.3 Å². The van der Waals surface area contributed by atoms with Crippen molar-refractivity contribution in [3.63, 3.8) is 0 Å². The largest absolute Gasteiger partial charge is 0.468 e. The van der Waals surface area contributed by atoms with Gasteiger partial charge in [0.25, 0.3) is 0 Å². The van der Waals surface area contributed by atoms with E-state index in [9.17, 15) is 14.4 Å². The van der Waals surface area contributed by atoms with Crippen molar-refractivity contribution >= 4 is 44.4 Å². The minimum atomic E-state index is -1.71. The number of fused-ring (bicyclic) bond motifs is 5. The van der Waals surface area contributed by atoms with Gasteiger partial charge >= 0.3 is 11.9 Å². The first kappa shape index (κ1) is 19.0. The average Bonchev–Trinajstić information content (AvgIpc) is 3.35. The van der Waals surface area contributed by atoms with E-state index in [0.717, 1.165) is 15.2 Å². The number of benzene rings is 3. The zero-order valence-corrected chi connectivity index (χ0v) is 17.9. The summed E-state index contributed by atoms with van der Waals surface area (Å²) in [6.07, 6.45) is 0. The zero-order chi connectivity index (χ0) is 21.3. The molecule has 1 aliphatic heterocycles. The summed E-state index contributed by atoms with van der Waals surface area (Å²) >= 11 is 3.37. The molecule has 5 rings (SSSR count). The van der Waals surface area contributed by atoms with Crippen LogP contribution in [0.4, 0.5) is 0 Å². The molecular formula is C24H17BrO5. The number of ether oxygens (including phenoxy) is 2. The highest BCUT2D eigenvalue weighted by Crippen LogP contribution is 2.79. The van der Waals surface area contributed by atoms with Crippen LogP contribution in [0.3, 0.4) is 0 Å². The van der Waals surface area contributed by atoms with Crippen molar-refractivity contribution in [1.29, 1.82) is 0 Å². The van der Waals surface area contributed by atoms with Crippen molar-refractivity contribution in [3.8, 4) is 5.75 Å². The summed E-state index contributed by atoms with van der Waals surface area (Å²) in [6, 6.07) is 18.1. The zero-order valence-electron chi connectivity index (χ0n) is 16.3. The number of hydrogen-bond acceptors (Lipinski definition) is 5. The Balaban J connectivity index is 1.78. The Morgan fingerprint density at radius 2 is 1.73 bits per heavy atom. The molecule has 3 aromatic rings. The SMILES string of the molecule is COC(=O)[C@]12C(=O)Oc3ccc4ccccc4c3[C@H]1[C@@]2(C)C(=O)c1ccc(Br)cc1. The highest BCUT2D eigenvalue weighted by atomic mass is 79.9.